The molecule has 0 spiro atoms. The first-order valence-electron chi connectivity index (χ1n) is 9.51. The third-order valence-electron chi connectivity index (χ3n) is 5.83. The van der Waals surface area contributed by atoms with Crippen molar-refractivity contribution in [3.05, 3.63) is 71.5 Å². The first kappa shape index (κ1) is 14.3. The number of hydrogen-bond acceptors (Lipinski definition) is 4. The van der Waals surface area contributed by atoms with E-state index in [0.29, 0.717) is 0 Å². The van der Waals surface area contributed by atoms with Gasteiger partial charge in [0.25, 0.3) is 0 Å². The Morgan fingerprint density at radius 2 is 1.38 bits per heavy atom. The second-order valence-electron chi connectivity index (χ2n) is 7.36. The number of fused-ring (bicyclic) bond motifs is 6. The van der Waals surface area contributed by atoms with Crippen molar-refractivity contribution in [1.82, 2.24) is 9.97 Å². The maximum absolute atomic E-state index is 5.13. The minimum Gasteiger partial charge on any atom is -0.301 e. The summed E-state index contributed by atoms with van der Waals surface area (Å²) in [5.74, 6) is 2.06. The van der Waals surface area contributed by atoms with Crippen LogP contribution in [0.5, 0.6) is 0 Å². The number of aromatic nitrogens is 2. The fraction of sp³-hybridized carbons (Fsp3) is 0.273. The van der Waals surface area contributed by atoms with Crippen molar-refractivity contribution in [2.24, 2.45) is 0 Å². The highest BCUT2D eigenvalue weighted by molar-refractivity contribution is 5.87. The summed E-state index contributed by atoms with van der Waals surface area (Å²) in [7, 11) is 0. The number of nitrogens with zero attached hydrogens (tertiary/aromatic N) is 4. The molecule has 2 aliphatic heterocycles. The van der Waals surface area contributed by atoms with Crippen molar-refractivity contribution in [2.45, 2.75) is 38.3 Å². The van der Waals surface area contributed by atoms with E-state index in [1.165, 1.54) is 41.2 Å². The Morgan fingerprint density at radius 3 is 2.15 bits per heavy atom. The van der Waals surface area contributed by atoms with Gasteiger partial charge in [0.1, 0.15) is 6.17 Å². The van der Waals surface area contributed by atoms with Gasteiger partial charge in [0.15, 0.2) is 11.6 Å². The van der Waals surface area contributed by atoms with Crippen LogP contribution >= 0.6 is 0 Å². The summed E-state index contributed by atoms with van der Waals surface area (Å²) in [5, 5.41) is 0. The largest absolute Gasteiger partial charge is 0.301 e. The molecule has 3 heterocycles. The van der Waals surface area contributed by atoms with Crippen LogP contribution in [-0.4, -0.2) is 16.1 Å². The maximum atomic E-state index is 5.13. The molecule has 0 saturated carbocycles. The van der Waals surface area contributed by atoms with Gasteiger partial charge in [-0.1, -0.05) is 36.4 Å². The number of hydrogen-bond donors (Lipinski definition) is 0. The molecule has 128 valence electrons. The first-order chi connectivity index (χ1) is 12.9. The van der Waals surface area contributed by atoms with Gasteiger partial charge in [-0.05, 0) is 49.4 Å². The van der Waals surface area contributed by atoms with E-state index in [-0.39, 0.29) is 6.17 Å². The Bertz CT molecular complexity index is 973. The molecule has 0 saturated heterocycles. The Labute approximate surface area is 153 Å². The van der Waals surface area contributed by atoms with E-state index in [1.807, 2.05) is 0 Å². The third kappa shape index (κ3) is 1.90. The van der Waals surface area contributed by atoms with E-state index in [2.05, 4.69) is 64.4 Å². The first-order valence-corrected chi connectivity index (χ1v) is 9.51. The van der Waals surface area contributed by atoms with Crippen molar-refractivity contribution in [3.63, 3.8) is 0 Å². The van der Waals surface area contributed by atoms with E-state index in [0.717, 1.165) is 30.9 Å². The summed E-state index contributed by atoms with van der Waals surface area (Å²) < 4.78 is 0. The van der Waals surface area contributed by atoms with Gasteiger partial charge >= 0.3 is 0 Å². The molecule has 3 aromatic rings. The summed E-state index contributed by atoms with van der Waals surface area (Å²) in [6, 6.07) is 19.3. The third-order valence-corrected chi connectivity index (χ3v) is 5.83. The summed E-state index contributed by atoms with van der Waals surface area (Å²) in [6.07, 6.45) is 5.78. The molecule has 0 amide bonds. The van der Waals surface area contributed by atoms with Gasteiger partial charge < -0.3 is 9.80 Å². The number of anilines is 4. The molecule has 26 heavy (non-hydrogen) atoms. The SMILES string of the molecule is c1ccc(N2c3nc4c(nc3N3c5ccccc5CC23)CCCC4)cc1. The number of benzene rings is 2. The van der Waals surface area contributed by atoms with E-state index >= 15 is 0 Å². The number of para-hydroxylation sites is 2. The van der Waals surface area contributed by atoms with E-state index in [1.54, 1.807) is 0 Å². The van der Waals surface area contributed by atoms with E-state index in [9.17, 15) is 0 Å². The van der Waals surface area contributed by atoms with Gasteiger partial charge in [-0.2, -0.15) is 0 Å². The average molecular weight is 340 g/mol. The van der Waals surface area contributed by atoms with Crippen LogP contribution in [0.2, 0.25) is 0 Å². The molecule has 4 heteroatoms. The second-order valence-corrected chi connectivity index (χ2v) is 7.36. The molecule has 0 fully saturated rings. The number of aryl methyl sites for hydroxylation is 2. The molecule has 1 aromatic heterocycles. The van der Waals surface area contributed by atoms with Crippen LogP contribution in [0.1, 0.15) is 29.8 Å². The fourth-order valence-corrected chi connectivity index (χ4v) is 4.65. The highest BCUT2D eigenvalue weighted by Crippen LogP contribution is 2.51. The van der Waals surface area contributed by atoms with Crippen molar-refractivity contribution in [2.75, 3.05) is 9.80 Å². The summed E-state index contributed by atoms with van der Waals surface area (Å²) in [6.45, 7) is 0. The van der Waals surface area contributed by atoms with Crippen LogP contribution in [0.3, 0.4) is 0 Å². The van der Waals surface area contributed by atoms with Crippen LogP contribution in [0.25, 0.3) is 0 Å². The Hall–Kier alpha value is -2.88. The molecule has 3 aliphatic rings. The zero-order chi connectivity index (χ0) is 17.1. The predicted octanol–water partition coefficient (Wildman–Crippen LogP) is 4.53. The number of rotatable bonds is 1. The van der Waals surface area contributed by atoms with Crippen molar-refractivity contribution >= 4 is 23.0 Å². The lowest BCUT2D eigenvalue weighted by Crippen LogP contribution is -2.36. The van der Waals surface area contributed by atoms with Gasteiger partial charge in [0.2, 0.25) is 0 Å². The quantitative estimate of drug-likeness (QED) is 0.651. The second kappa shape index (κ2) is 5.31. The molecule has 2 aromatic carbocycles. The molecular weight excluding hydrogens is 320 g/mol. The minimum atomic E-state index is 0.230. The van der Waals surface area contributed by atoms with Crippen molar-refractivity contribution in [3.8, 4) is 0 Å². The smallest absolute Gasteiger partial charge is 0.178 e. The van der Waals surface area contributed by atoms with E-state index < -0.39 is 0 Å². The maximum Gasteiger partial charge on any atom is 0.178 e. The average Bonchev–Trinajstić information content (AvgIpc) is 3.21. The topological polar surface area (TPSA) is 32.3 Å². The lowest BCUT2D eigenvalue weighted by Gasteiger charge is -2.26. The molecule has 1 unspecified atom stereocenters. The van der Waals surface area contributed by atoms with Crippen LogP contribution < -0.4 is 9.80 Å². The zero-order valence-corrected chi connectivity index (χ0v) is 14.6. The standard InChI is InChI=1S/C22H20N4/c1-2-9-16(10-3-1)25-20-14-15-8-4-7-13-19(15)26(20)22-21(25)23-17-11-5-6-12-18(17)24-22/h1-4,7-10,13,20H,5-6,11-12,14H2. The molecule has 6 rings (SSSR count). The fourth-order valence-electron chi connectivity index (χ4n) is 4.65. The van der Waals surface area contributed by atoms with Gasteiger partial charge in [0, 0.05) is 17.8 Å². The van der Waals surface area contributed by atoms with Gasteiger partial charge in [-0.15, -0.1) is 0 Å². The normalized spacial score (nSPS) is 19.8. The molecule has 1 atom stereocenters. The van der Waals surface area contributed by atoms with Crippen LogP contribution in [0.4, 0.5) is 23.0 Å². The zero-order valence-electron chi connectivity index (χ0n) is 14.6. The summed E-state index contributed by atoms with van der Waals surface area (Å²) in [5.41, 5.74) is 6.27. The molecule has 0 radical (unpaired) electrons. The minimum absolute atomic E-state index is 0.230. The molecule has 0 bridgehead atoms. The van der Waals surface area contributed by atoms with Crippen LogP contribution in [-0.2, 0) is 19.3 Å². The predicted molar refractivity (Wildman–Crippen MR) is 103 cm³/mol. The Balaban J connectivity index is 1.59. The molecule has 4 nitrogen and oxygen atoms in total. The van der Waals surface area contributed by atoms with Crippen LogP contribution in [0.15, 0.2) is 54.6 Å². The van der Waals surface area contributed by atoms with Crippen LogP contribution in [0, 0.1) is 0 Å². The summed E-state index contributed by atoms with van der Waals surface area (Å²) >= 11 is 0. The molecule has 0 N–H and O–H groups in total. The van der Waals surface area contributed by atoms with E-state index in [4.69, 9.17) is 9.97 Å². The lowest BCUT2D eigenvalue weighted by molar-refractivity contribution is 0.651. The van der Waals surface area contributed by atoms with Crippen molar-refractivity contribution in [1.29, 1.82) is 0 Å². The highest BCUT2D eigenvalue weighted by atomic mass is 15.5. The van der Waals surface area contributed by atoms with Gasteiger partial charge in [-0.3, -0.25) is 0 Å². The Kier molecular flexibility index (Phi) is 2.92. The Morgan fingerprint density at radius 1 is 0.731 bits per heavy atom. The van der Waals surface area contributed by atoms with Gasteiger partial charge in [-0.25, -0.2) is 9.97 Å². The summed E-state index contributed by atoms with van der Waals surface area (Å²) in [4.78, 5) is 15.1. The monoisotopic (exact) mass is 340 g/mol. The highest BCUT2D eigenvalue weighted by Gasteiger charge is 2.45. The van der Waals surface area contributed by atoms with Crippen molar-refractivity contribution < 1.29 is 0 Å². The molecular formula is C22H20N4. The molecule has 1 aliphatic carbocycles. The van der Waals surface area contributed by atoms with Gasteiger partial charge in [0.05, 0.1) is 11.4 Å². The lowest BCUT2D eigenvalue weighted by atomic mass is 10.0.